The fourth-order valence-corrected chi connectivity index (χ4v) is 2.60. The van der Waals surface area contributed by atoms with Crippen LogP contribution in [0, 0.1) is 0 Å². The molecule has 0 aliphatic heterocycles. The SMILES string of the molecule is FC(F)Oc1ccc(-c2ccncc2)c2cn(C3CC3)nc12. The monoisotopic (exact) mass is 301 g/mol. The summed E-state index contributed by atoms with van der Waals surface area (Å²) in [6, 6.07) is 7.48. The van der Waals surface area contributed by atoms with Gasteiger partial charge in [-0.2, -0.15) is 13.9 Å². The van der Waals surface area contributed by atoms with Crippen molar-refractivity contribution in [2.24, 2.45) is 0 Å². The van der Waals surface area contributed by atoms with E-state index in [1.54, 1.807) is 24.5 Å². The Labute approximate surface area is 125 Å². The molecule has 0 bridgehead atoms. The van der Waals surface area contributed by atoms with Crippen LogP contribution in [0.25, 0.3) is 22.0 Å². The van der Waals surface area contributed by atoms with Crippen molar-refractivity contribution in [1.29, 1.82) is 0 Å². The van der Waals surface area contributed by atoms with Crippen LogP contribution < -0.4 is 4.74 Å². The molecule has 1 saturated carbocycles. The standard InChI is InChI=1S/C16H13F2N3O/c17-16(18)22-14-4-3-12(10-5-7-19-8-6-10)13-9-21(11-1-2-11)20-15(13)14/h3-9,11,16H,1-2H2. The van der Waals surface area contributed by atoms with Crippen molar-refractivity contribution in [3.63, 3.8) is 0 Å². The predicted molar refractivity (Wildman–Crippen MR) is 77.9 cm³/mol. The maximum absolute atomic E-state index is 12.6. The van der Waals surface area contributed by atoms with Gasteiger partial charge in [0, 0.05) is 24.0 Å². The van der Waals surface area contributed by atoms with E-state index in [-0.39, 0.29) is 5.75 Å². The van der Waals surface area contributed by atoms with Gasteiger partial charge < -0.3 is 4.74 Å². The zero-order valence-electron chi connectivity index (χ0n) is 11.6. The molecule has 0 radical (unpaired) electrons. The second-order valence-electron chi connectivity index (χ2n) is 5.33. The third-order valence-electron chi connectivity index (χ3n) is 3.79. The van der Waals surface area contributed by atoms with E-state index in [2.05, 4.69) is 14.8 Å². The average Bonchev–Trinajstić information content (AvgIpc) is 3.27. The Balaban J connectivity index is 1.91. The molecule has 0 amide bonds. The second kappa shape index (κ2) is 5.05. The van der Waals surface area contributed by atoms with Crippen LogP contribution in [-0.4, -0.2) is 21.4 Å². The number of alkyl halides is 2. The number of aromatic nitrogens is 3. The van der Waals surface area contributed by atoms with E-state index in [1.165, 1.54) is 0 Å². The van der Waals surface area contributed by atoms with Crippen molar-refractivity contribution < 1.29 is 13.5 Å². The third-order valence-corrected chi connectivity index (χ3v) is 3.79. The molecular formula is C16H13F2N3O. The molecule has 2 aromatic heterocycles. The lowest BCUT2D eigenvalue weighted by molar-refractivity contribution is -0.0489. The molecule has 1 aliphatic rings. The summed E-state index contributed by atoms with van der Waals surface area (Å²) < 4.78 is 31.6. The molecule has 0 saturated heterocycles. The van der Waals surface area contributed by atoms with Gasteiger partial charge in [-0.1, -0.05) is 0 Å². The minimum Gasteiger partial charge on any atom is -0.432 e. The Bertz CT molecular complexity index is 813. The summed E-state index contributed by atoms with van der Waals surface area (Å²) in [7, 11) is 0. The molecule has 6 heteroatoms. The third kappa shape index (κ3) is 2.30. The number of ether oxygens (including phenoxy) is 1. The molecule has 1 fully saturated rings. The number of pyridine rings is 1. The van der Waals surface area contributed by atoms with E-state index < -0.39 is 6.61 Å². The van der Waals surface area contributed by atoms with Gasteiger partial charge in [-0.15, -0.1) is 0 Å². The summed E-state index contributed by atoms with van der Waals surface area (Å²) in [6.45, 7) is -2.86. The Kier molecular flexibility index (Phi) is 3.03. The van der Waals surface area contributed by atoms with Crippen LogP contribution in [-0.2, 0) is 0 Å². The van der Waals surface area contributed by atoms with Gasteiger partial charge in [0.15, 0.2) is 5.75 Å². The highest BCUT2D eigenvalue weighted by Crippen LogP contribution is 2.39. The smallest absolute Gasteiger partial charge is 0.387 e. The first-order valence-electron chi connectivity index (χ1n) is 7.09. The van der Waals surface area contributed by atoms with E-state index in [0.717, 1.165) is 29.4 Å². The molecule has 1 aliphatic carbocycles. The Morgan fingerprint density at radius 3 is 2.59 bits per heavy atom. The van der Waals surface area contributed by atoms with Crippen LogP contribution in [0.1, 0.15) is 18.9 Å². The lowest BCUT2D eigenvalue weighted by atomic mass is 10.0. The first-order chi connectivity index (χ1) is 10.7. The summed E-state index contributed by atoms with van der Waals surface area (Å²) in [5.74, 6) is 0.113. The number of halogens is 2. The van der Waals surface area contributed by atoms with Gasteiger partial charge in [-0.05, 0) is 48.2 Å². The number of rotatable bonds is 4. The molecule has 112 valence electrons. The molecule has 0 unspecified atom stereocenters. The Morgan fingerprint density at radius 2 is 1.91 bits per heavy atom. The van der Waals surface area contributed by atoms with Crippen LogP contribution >= 0.6 is 0 Å². The molecular weight excluding hydrogens is 288 g/mol. The normalized spacial score (nSPS) is 14.7. The maximum atomic E-state index is 12.6. The van der Waals surface area contributed by atoms with E-state index >= 15 is 0 Å². The maximum Gasteiger partial charge on any atom is 0.387 e. The predicted octanol–water partition coefficient (Wildman–Crippen LogP) is 4.03. The van der Waals surface area contributed by atoms with Gasteiger partial charge in [0.05, 0.1) is 6.04 Å². The van der Waals surface area contributed by atoms with Gasteiger partial charge in [0.2, 0.25) is 0 Å². The van der Waals surface area contributed by atoms with Crippen molar-refractivity contribution in [2.75, 3.05) is 0 Å². The van der Waals surface area contributed by atoms with Crippen LogP contribution in [0.4, 0.5) is 8.78 Å². The van der Waals surface area contributed by atoms with Crippen molar-refractivity contribution in [3.8, 4) is 16.9 Å². The van der Waals surface area contributed by atoms with E-state index in [4.69, 9.17) is 0 Å². The van der Waals surface area contributed by atoms with Crippen LogP contribution in [0.5, 0.6) is 5.75 Å². The lowest BCUT2D eigenvalue weighted by Gasteiger charge is -2.08. The molecule has 22 heavy (non-hydrogen) atoms. The number of nitrogens with zero attached hydrogens (tertiary/aromatic N) is 3. The van der Waals surface area contributed by atoms with Gasteiger partial charge in [0.25, 0.3) is 0 Å². The van der Waals surface area contributed by atoms with Crippen LogP contribution in [0.2, 0.25) is 0 Å². The van der Waals surface area contributed by atoms with Gasteiger partial charge in [-0.25, -0.2) is 0 Å². The number of hydrogen-bond donors (Lipinski definition) is 0. The molecule has 0 spiro atoms. The largest absolute Gasteiger partial charge is 0.432 e. The number of hydrogen-bond acceptors (Lipinski definition) is 3. The quantitative estimate of drug-likeness (QED) is 0.730. The Morgan fingerprint density at radius 1 is 1.14 bits per heavy atom. The fourth-order valence-electron chi connectivity index (χ4n) is 2.60. The topological polar surface area (TPSA) is 39.9 Å². The minimum absolute atomic E-state index is 0.113. The van der Waals surface area contributed by atoms with E-state index in [9.17, 15) is 8.78 Å². The Hall–Kier alpha value is -2.50. The highest BCUT2D eigenvalue weighted by atomic mass is 19.3. The molecule has 4 nitrogen and oxygen atoms in total. The summed E-state index contributed by atoms with van der Waals surface area (Å²) in [5.41, 5.74) is 2.38. The van der Waals surface area contributed by atoms with Gasteiger partial charge in [-0.3, -0.25) is 9.67 Å². The minimum atomic E-state index is -2.86. The highest BCUT2D eigenvalue weighted by molar-refractivity contribution is 5.97. The van der Waals surface area contributed by atoms with Gasteiger partial charge >= 0.3 is 6.61 Å². The average molecular weight is 301 g/mol. The van der Waals surface area contributed by atoms with Crippen molar-refractivity contribution >= 4 is 10.9 Å². The summed E-state index contributed by atoms with van der Waals surface area (Å²) in [4.78, 5) is 4.01. The molecule has 3 aromatic rings. The zero-order valence-corrected chi connectivity index (χ0v) is 11.6. The molecule has 2 heterocycles. The first-order valence-corrected chi connectivity index (χ1v) is 7.09. The molecule has 0 N–H and O–H groups in total. The van der Waals surface area contributed by atoms with E-state index in [1.807, 2.05) is 23.0 Å². The van der Waals surface area contributed by atoms with Gasteiger partial charge in [0.1, 0.15) is 5.52 Å². The highest BCUT2D eigenvalue weighted by Gasteiger charge is 2.26. The summed E-state index contributed by atoms with van der Waals surface area (Å²) in [6.07, 6.45) is 7.47. The lowest BCUT2D eigenvalue weighted by Crippen LogP contribution is -2.02. The molecule has 1 aromatic carbocycles. The van der Waals surface area contributed by atoms with Crippen LogP contribution in [0.15, 0.2) is 42.9 Å². The van der Waals surface area contributed by atoms with Crippen molar-refractivity contribution in [3.05, 3.63) is 42.9 Å². The fraction of sp³-hybridized carbons (Fsp3) is 0.250. The summed E-state index contributed by atoms with van der Waals surface area (Å²) in [5, 5.41) is 5.27. The van der Waals surface area contributed by atoms with Crippen molar-refractivity contribution in [1.82, 2.24) is 14.8 Å². The van der Waals surface area contributed by atoms with Crippen LogP contribution in [0.3, 0.4) is 0 Å². The van der Waals surface area contributed by atoms with E-state index in [0.29, 0.717) is 11.6 Å². The molecule has 0 atom stereocenters. The second-order valence-corrected chi connectivity index (χ2v) is 5.33. The van der Waals surface area contributed by atoms with Crippen molar-refractivity contribution in [2.45, 2.75) is 25.5 Å². The zero-order chi connectivity index (χ0) is 15.1. The first kappa shape index (κ1) is 13.2. The number of fused-ring (bicyclic) bond motifs is 1. The summed E-state index contributed by atoms with van der Waals surface area (Å²) >= 11 is 0. The number of benzene rings is 1. The molecule has 4 rings (SSSR count).